The lowest BCUT2D eigenvalue weighted by Crippen LogP contribution is -2.32. The van der Waals surface area contributed by atoms with E-state index in [0.29, 0.717) is 13.0 Å². The van der Waals surface area contributed by atoms with Crippen LogP contribution in [-0.2, 0) is 10.0 Å². The van der Waals surface area contributed by atoms with Crippen LogP contribution in [0.4, 0.5) is 8.78 Å². The van der Waals surface area contributed by atoms with Gasteiger partial charge in [0.1, 0.15) is 0 Å². The predicted octanol–water partition coefficient (Wildman–Crippen LogP) is 1.49. The zero-order chi connectivity index (χ0) is 16.3. The molecule has 0 aromatic heterocycles. The summed E-state index contributed by atoms with van der Waals surface area (Å²) in [4.78, 5) is 13.6. The number of nitrogens with zero attached hydrogens (tertiary/aromatic N) is 1. The minimum Gasteiger partial charge on any atom is -0.338 e. The van der Waals surface area contributed by atoms with E-state index in [-0.39, 0.29) is 24.6 Å². The molecular formula is C14H16F2N2O3S. The monoisotopic (exact) mass is 330 g/mol. The van der Waals surface area contributed by atoms with Crippen molar-refractivity contribution in [2.75, 3.05) is 19.6 Å². The highest BCUT2D eigenvalue weighted by molar-refractivity contribution is 7.92. The Labute approximate surface area is 127 Å². The highest BCUT2D eigenvalue weighted by Crippen LogP contribution is 2.20. The van der Waals surface area contributed by atoms with Gasteiger partial charge >= 0.3 is 0 Å². The summed E-state index contributed by atoms with van der Waals surface area (Å²) in [6, 6.07) is 3.45. The third-order valence-corrected chi connectivity index (χ3v) is 4.56. The van der Waals surface area contributed by atoms with Gasteiger partial charge in [-0.25, -0.2) is 21.9 Å². The standard InChI is InChI=1S/C14H16F2N2O3S/c1-2-22(20,21)17-8-10-6-7-18(9-10)14(19)11-4-3-5-12(15)13(11)16/h2-5,10,17H,1,6-9H2. The third kappa shape index (κ3) is 3.69. The van der Waals surface area contributed by atoms with Gasteiger partial charge in [0.15, 0.2) is 11.6 Å². The largest absolute Gasteiger partial charge is 0.338 e. The maximum absolute atomic E-state index is 13.6. The van der Waals surface area contributed by atoms with E-state index in [4.69, 9.17) is 0 Å². The van der Waals surface area contributed by atoms with Crippen LogP contribution in [0.25, 0.3) is 0 Å². The summed E-state index contributed by atoms with van der Waals surface area (Å²) in [6.07, 6.45) is 0.586. The molecule has 0 aliphatic carbocycles. The highest BCUT2D eigenvalue weighted by Gasteiger charge is 2.29. The summed E-state index contributed by atoms with van der Waals surface area (Å²) in [5.74, 6) is -2.90. The molecule has 120 valence electrons. The Bertz CT molecular complexity index is 691. The molecule has 1 unspecified atom stereocenters. The first-order valence-electron chi connectivity index (χ1n) is 6.69. The average molecular weight is 330 g/mol. The molecule has 8 heteroatoms. The Morgan fingerprint density at radius 1 is 1.45 bits per heavy atom. The van der Waals surface area contributed by atoms with Crippen LogP contribution in [0.1, 0.15) is 16.8 Å². The fourth-order valence-electron chi connectivity index (χ4n) is 2.32. The van der Waals surface area contributed by atoms with E-state index in [2.05, 4.69) is 11.3 Å². The molecule has 0 radical (unpaired) electrons. The summed E-state index contributed by atoms with van der Waals surface area (Å²) in [5.41, 5.74) is -0.313. The lowest BCUT2D eigenvalue weighted by molar-refractivity contribution is 0.0781. The second kappa shape index (κ2) is 6.53. The molecule has 0 saturated carbocycles. The molecule has 1 aliphatic rings. The van der Waals surface area contributed by atoms with E-state index in [0.717, 1.165) is 11.5 Å². The van der Waals surface area contributed by atoms with Gasteiger partial charge in [0.2, 0.25) is 10.0 Å². The number of benzene rings is 1. The molecule has 1 aromatic carbocycles. The summed E-state index contributed by atoms with van der Waals surface area (Å²) in [7, 11) is -3.51. The number of halogens is 2. The number of nitrogens with one attached hydrogen (secondary N) is 1. The Morgan fingerprint density at radius 2 is 2.18 bits per heavy atom. The van der Waals surface area contributed by atoms with Gasteiger partial charge in [-0.05, 0) is 24.5 Å². The maximum Gasteiger partial charge on any atom is 0.256 e. The van der Waals surface area contributed by atoms with Crippen molar-refractivity contribution in [1.29, 1.82) is 0 Å². The van der Waals surface area contributed by atoms with Crippen LogP contribution < -0.4 is 4.72 Å². The van der Waals surface area contributed by atoms with Gasteiger partial charge in [0.25, 0.3) is 5.91 Å². The second-order valence-electron chi connectivity index (χ2n) is 5.07. The normalized spacial score (nSPS) is 18.5. The van der Waals surface area contributed by atoms with Gasteiger partial charge in [-0.15, -0.1) is 0 Å². The number of carbonyl (C=O) groups is 1. The topological polar surface area (TPSA) is 66.5 Å². The number of carbonyl (C=O) groups excluding carboxylic acids is 1. The molecule has 1 aliphatic heterocycles. The molecule has 1 aromatic rings. The lowest BCUT2D eigenvalue weighted by atomic mass is 10.1. The molecule has 1 saturated heterocycles. The molecule has 1 heterocycles. The molecule has 1 fully saturated rings. The van der Waals surface area contributed by atoms with Gasteiger partial charge < -0.3 is 4.90 Å². The first-order valence-corrected chi connectivity index (χ1v) is 8.24. The Morgan fingerprint density at radius 3 is 2.86 bits per heavy atom. The van der Waals surface area contributed by atoms with Crippen LogP contribution in [0.3, 0.4) is 0 Å². The van der Waals surface area contributed by atoms with Crippen molar-refractivity contribution in [2.24, 2.45) is 5.92 Å². The molecule has 0 bridgehead atoms. The van der Waals surface area contributed by atoms with Gasteiger partial charge in [-0.2, -0.15) is 0 Å². The second-order valence-corrected chi connectivity index (χ2v) is 6.78. The molecule has 1 amide bonds. The van der Waals surface area contributed by atoms with E-state index in [1.54, 1.807) is 0 Å². The summed E-state index contributed by atoms with van der Waals surface area (Å²) >= 11 is 0. The van der Waals surface area contributed by atoms with Crippen molar-refractivity contribution < 1.29 is 22.0 Å². The van der Waals surface area contributed by atoms with Crippen LogP contribution in [0.5, 0.6) is 0 Å². The van der Waals surface area contributed by atoms with Crippen molar-refractivity contribution in [3.05, 3.63) is 47.4 Å². The number of hydrogen-bond donors (Lipinski definition) is 1. The SMILES string of the molecule is C=CS(=O)(=O)NCC1CCN(C(=O)c2cccc(F)c2F)C1. The van der Waals surface area contributed by atoms with Crippen LogP contribution >= 0.6 is 0 Å². The van der Waals surface area contributed by atoms with Crippen molar-refractivity contribution in [2.45, 2.75) is 6.42 Å². The Kier molecular flexibility index (Phi) is 4.92. The summed E-state index contributed by atoms with van der Waals surface area (Å²) in [6.45, 7) is 4.01. The predicted molar refractivity (Wildman–Crippen MR) is 77.5 cm³/mol. The van der Waals surface area contributed by atoms with Crippen LogP contribution in [0.15, 0.2) is 30.2 Å². The minimum absolute atomic E-state index is 0.0738. The van der Waals surface area contributed by atoms with Crippen LogP contribution in [-0.4, -0.2) is 38.9 Å². The summed E-state index contributed by atoms with van der Waals surface area (Å²) in [5, 5.41) is 0.812. The number of rotatable bonds is 5. The molecule has 1 N–H and O–H groups in total. The third-order valence-electron chi connectivity index (χ3n) is 3.55. The fourth-order valence-corrected chi connectivity index (χ4v) is 2.90. The zero-order valence-electron chi connectivity index (χ0n) is 11.8. The van der Waals surface area contributed by atoms with Gasteiger partial charge in [-0.3, -0.25) is 4.79 Å². The Balaban J connectivity index is 1.99. The quantitative estimate of drug-likeness (QED) is 0.889. The fraction of sp³-hybridized carbons (Fsp3) is 0.357. The lowest BCUT2D eigenvalue weighted by Gasteiger charge is -2.17. The average Bonchev–Trinajstić information content (AvgIpc) is 2.96. The van der Waals surface area contributed by atoms with Crippen molar-refractivity contribution in [3.63, 3.8) is 0 Å². The summed E-state index contributed by atoms with van der Waals surface area (Å²) < 4.78 is 51.7. The van der Waals surface area contributed by atoms with E-state index in [1.807, 2.05) is 0 Å². The van der Waals surface area contributed by atoms with Gasteiger partial charge in [0.05, 0.1) is 5.56 Å². The van der Waals surface area contributed by atoms with Gasteiger partial charge in [-0.1, -0.05) is 12.6 Å². The number of hydrogen-bond acceptors (Lipinski definition) is 3. The number of likely N-dealkylation sites (tertiary alicyclic amines) is 1. The zero-order valence-corrected chi connectivity index (χ0v) is 12.6. The molecular weight excluding hydrogens is 314 g/mol. The van der Waals surface area contributed by atoms with Gasteiger partial charge in [0, 0.05) is 25.0 Å². The van der Waals surface area contributed by atoms with Crippen LogP contribution in [0.2, 0.25) is 0 Å². The molecule has 22 heavy (non-hydrogen) atoms. The first-order chi connectivity index (χ1) is 10.3. The number of sulfonamides is 1. The first kappa shape index (κ1) is 16.6. The Hall–Kier alpha value is -1.80. The molecule has 2 rings (SSSR count). The van der Waals surface area contributed by atoms with Crippen molar-refractivity contribution >= 4 is 15.9 Å². The van der Waals surface area contributed by atoms with E-state index in [9.17, 15) is 22.0 Å². The van der Waals surface area contributed by atoms with Crippen molar-refractivity contribution in [1.82, 2.24) is 9.62 Å². The highest BCUT2D eigenvalue weighted by atomic mass is 32.2. The van der Waals surface area contributed by atoms with Crippen molar-refractivity contribution in [3.8, 4) is 0 Å². The number of amides is 1. The minimum atomic E-state index is -3.51. The molecule has 0 spiro atoms. The maximum atomic E-state index is 13.6. The van der Waals surface area contributed by atoms with E-state index >= 15 is 0 Å². The molecule has 1 atom stereocenters. The smallest absolute Gasteiger partial charge is 0.256 e. The van der Waals surface area contributed by atoms with E-state index in [1.165, 1.54) is 17.0 Å². The van der Waals surface area contributed by atoms with E-state index < -0.39 is 27.6 Å². The van der Waals surface area contributed by atoms with Crippen LogP contribution in [0, 0.1) is 17.6 Å². The molecule has 5 nitrogen and oxygen atoms in total.